The maximum Gasteiger partial charge on any atom is 0.272 e. The summed E-state index contributed by atoms with van der Waals surface area (Å²) >= 11 is 0. The van der Waals surface area contributed by atoms with E-state index in [9.17, 15) is 9.59 Å². The first-order valence-electron chi connectivity index (χ1n) is 8.58. The highest BCUT2D eigenvalue weighted by Gasteiger charge is 2.15. The van der Waals surface area contributed by atoms with Gasteiger partial charge in [0.05, 0.1) is 38.5 Å². The van der Waals surface area contributed by atoms with Crippen LogP contribution in [0, 0.1) is 0 Å². The Morgan fingerprint density at radius 2 is 1.86 bits per heavy atom. The number of ether oxygens (including phenoxy) is 3. The molecule has 0 saturated carbocycles. The summed E-state index contributed by atoms with van der Waals surface area (Å²) in [6, 6.07) is 12.2. The van der Waals surface area contributed by atoms with E-state index in [-0.39, 0.29) is 18.9 Å². The average molecular weight is 383 g/mol. The van der Waals surface area contributed by atoms with E-state index in [1.807, 2.05) is 6.07 Å². The molecule has 1 aromatic heterocycles. The van der Waals surface area contributed by atoms with Crippen LogP contribution in [0.15, 0.2) is 42.5 Å². The molecule has 0 atom stereocenters. The first-order valence-corrected chi connectivity index (χ1v) is 8.58. The van der Waals surface area contributed by atoms with Crippen molar-refractivity contribution in [1.29, 1.82) is 0 Å². The van der Waals surface area contributed by atoms with Gasteiger partial charge in [-0.15, -0.1) is 0 Å². The summed E-state index contributed by atoms with van der Waals surface area (Å²) in [7, 11) is 3.12. The van der Waals surface area contributed by atoms with Gasteiger partial charge in [0, 0.05) is 11.5 Å². The molecule has 2 amide bonds. The Balaban J connectivity index is 1.83. The van der Waals surface area contributed by atoms with Crippen LogP contribution in [0.5, 0.6) is 17.2 Å². The number of hydrogen-bond donors (Lipinski definition) is 3. The number of aromatic amines is 1. The Bertz CT molecular complexity index is 1010. The highest BCUT2D eigenvalue weighted by Crippen LogP contribution is 2.32. The lowest BCUT2D eigenvalue weighted by Crippen LogP contribution is -2.16. The Morgan fingerprint density at radius 3 is 2.57 bits per heavy atom. The Kier molecular flexibility index (Phi) is 5.69. The molecule has 0 fully saturated rings. The lowest BCUT2D eigenvalue weighted by molar-refractivity contribution is -0.118. The van der Waals surface area contributed by atoms with E-state index in [2.05, 4.69) is 10.3 Å². The number of benzene rings is 2. The van der Waals surface area contributed by atoms with Gasteiger partial charge in [-0.3, -0.25) is 9.59 Å². The summed E-state index contributed by atoms with van der Waals surface area (Å²) < 4.78 is 16.2. The molecule has 0 aliphatic carbocycles. The smallest absolute Gasteiger partial charge is 0.272 e. The summed E-state index contributed by atoms with van der Waals surface area (Å²) in [6.07, 6.45) is 0.0892. The molecule has 0 spiro atoms. The van der Waals surface area contributed by atoms with Gasteiger partial charge in [-0.2, -0.15) is 0 Å². The minimum Gasteiger partial charge on any atom is -0.497 e. The monoisotopic (exact) mass is 383 g/mol. The molecule has 3 aromatic rings. The van der Waals surface area contributed by atoms with Crippen LogP contribution in [0.3, 0.4) is 0 Å². The first-order chi connectivity index (χ1) is 13.5. The van der Waals surface area contributed by atoms with Crippen molar-refractivity contribution in [3.05, 3.63) is 48.2 Å². The Labute approximate surface area is 161 Å². The number of nitrogens with two attached hydrogens (primary N) is 1. The molecule has 0 aliphatic rings. The Hall–Kier alpha value is -3.68. The minimum absolute atomic E-state index is 0.0892. The van der Waals surface area contributed by atoms with Crippen molar-refractivity contribution in [2.45, 2.75) is 6.42 Å². The second kappa shape index (κ2) is 8.34. The molecule has 0 bridgehead atoms. The van der Waals surface area contributed by atoms with Gasteiger partial charge < -0.3 is 30.2 Å². The predicted molar refractivity (Wildman–Crippen MR) is 105 cm³/mol. The third-order valence-corrected chi connectivity index (χ3v) is 4.11. The van der Waals surface area contributed by atoms with Crippen LogP contribution in [0.2, 0.25) is 0 Å². The minimum atomic E-state index is -0.455. The maximum absolute atomic E-state index is 12.7. The average Bonchev–Trinajstić information content (AvgIpc) is 3.12. The molecule has 3 rings (SSSR count). The standard InChI is InChI=1S/C20H21N3O5/c1-26-13-9-12-10-15(22-19(12)17(11-13)27-2)20(25)23-14-5-3-4-6-16(14)28-8-7-18(21)24/h3-6,9-11,22H,7-8H2,1-2H3,(H2,21,24)(H,23,25). The molecular weight excluding hydrogens is 362 g/mol. The van der Waals surface area contributed by atoms with Crippen molar-refractivity contribution >= 4 is 28.4 Å². The molecule has 8 heteroatoms. The van der Waals surface area contributed by atoms with E-state index in [1.165, 1.54) is 0 Å². The largest absolute Gasteiger partial charge is 0.497 e. The van der Waals surface area contributed by atoms with Crippen molar-refractivity contribution in [3.63, 3.8) is 0 Å². The third-order valence-electron chi connectivity index (χ3n) is 4.11. The van der Waals surface area contributed by atoms with Gasteiger partial charge in [0.2, 0.25) is 5.91 Å². The van der Waals surface area contributed by atoms with Gasteiger partial charge in [-0.1, -0.05) is 12.1 Å². The quantitative estimate of drug-likeness (QED) is 0.553. The zero-order valence-electron chi connectivity index (χ0n) is 15.6. The first kappa shape index (κ1) is 19.1. The molecule has 0 aliphatic heterocycles. The predicted octanol–water partition coefficient (Wildman–Crippen LogP) is 2.69. The molecule has 4 N–H and O–H groups in total. The fourth-order valence-corrected chi connectivity index (χ4v) is 2.73. The summed E-state index contributed by atoms with van der Waals surface area (Å²) in [6.45, 7) is 0.131. The Morgan fingerprint density at radius 1 is 1.07 bits per heavy atom. The molecule has 0 unspecified atom stereocenters. The highest BCUT2D eigenvalue weighted by atomic mass is 16.5. The normalized spacial score (nSPS) is 10.5. The number of rotatable bonds is 8. The van der Waals surface area contributed by atoms with Crippen molar-refractivity contribution in [3.8, 4) is 17.2 Å². The van der Waals surface area contributed by atoms with Crippen molar-refractivity contribution in [1.82, 2.24) is 4.98 Å². The fraction of sp³-hybridized carbons (Fsp3) is 0.200. The number of methoxy groups -OCH3 is 2. The van der Waals surface area contributed by atoms with Gasteiger partial charge >= 0.3 is 0 Å². The summed E-state index contributed by atoms with van der Waals surface area (Å²) in [4.78, 5) is 26.7. The second-order valence-electron chi connectivity index (χ2n) is 5.99. The zero-order chi connectivity index (χ0) is 20.1. The topological polar surface area (TPSA) is 116 Å². The molecular formula is C20H21N3O5. The number of anilines is 1. The number of amides is 2. The number of para-hydroxylation sites is 2. The van der Waals surface area contributed by atoms with Gasteiger partial charge in [0.1, 0.15) is 22.9 Å². The van der Waals surface area contributed by atoms with Crippen molar-refractivity contribution in [2.75, 3.05) is 26.1 Å². The molecule has 0 radical (unpaired) electrons. The van der Waals surface area contributed by atoms with E-state index in [0.29, 0.717) is 34.1 Å². The maximum atomic E-state index is 12.7. The van der Waals surface area contributed by atoms with E-state index < -0.39 is 5.91 Å². The van der Waals surface area contributed by atoms with Crippen LogP contribution in [-0.2, 0) is 4.79 Å². The lowest BCUT2D eigenvalue weighted by Gasteiger charge is -2.11. The van der Waals surface area contributed by atoms with Crippen LogP contribution in [0.1, 0.15) is 16.9 Å². The van der Waals surface area contributed by atoms with Crippen molar-refractivity contribution in [2.24, 2.45) is 5.73 Å². The number of aromatic nitrogens is 1. The van der Waals surface area contributed by atoms with Gasteiger partial charge in [-0.05, 0) is 24.3 Å². The van der Waals surface area contributed by atoms with Crippen molar-refractivity contribution < 1.29 is 23.8 Å². The van der Waals surface area contributed by atoms with Crippen LogP contribution in [0.25, 0.3) is 10.9 Å². The van der Waals surface area contributed by atoms with E-state index in [0.717, 1.165) is 5.39 Å². The summed E-state index contributed by atoms with van der Waals surface area (Å²) in [5, 5.41) is 3.59. The number of fused-ring (bicyclic) bond motifs is 1. The molecule has 8 nitrogen and oxygen atoms in total. The molecule has 28 heavy (non-hydrogen) atoms. The lowest BCUT2D eigenvalue weighted by atomic mass is 10.2. The second-order valence-corrected chi connectivity index (χ2v) is 5.99. The number of primary amides is 1. The van der Waals surface area contributed by atoms with Crippen LogP contribution in [0.4, 0.5) is 5.69 Å². The van der Waals surface area contributed by atoms with Gasteiger partial charge in [-0.25, -0.2) is 0 Å². The van der Waals surface area contributed by atoms with Crippen LogP contribution >= 0.6 is 0 Å². The zero-order valence-corrected chi connectivity index (χ0v) is 15.6. The molecule has 1 heterocycles. The van der Waals surface area contributed by atoms with Crippen LogP contribution < -0.4 is 25.3 Å². The highest BCUT2D eigenvalue weighted by molar-refractivity contribution is 6.07. The third kappa shape index (κ3) is 4.17. The fourth-order valence-electron chi connectivity index (χ4n) is 2.73. The molecule has 0 saturated heterocycles. The van der Waals surface area contributed by atoms with E-state index >= 15 is 0 Å². The molecule has 2 aromatic carbocycles. The number of nitrogens with one attached hydrogen (secondary N) is 2. The van der Waals surface area contributed by atoms with Gasteiger partial charge in [0.15, 0.2) is 0 Å². The number of hydrogen-bond acceptors (Lipinski definition) is 5. The number of carbonyl (C=O) groups excluding carboxylic acids is 2. The number of H-pyrrole nitrogens is 1. The van der Waals surface area contributed by atoms with E-state index in [4.69, 9.17) is 19.9 Å². The molecule has 146 valence electrons. The van der Waals surface area contributed by atoms with E-state index in [1.54, 1.807) is 50.6 Å². The SMILES string of the molecule is COc1cc(OC)c2[nH]c(C(=O)Nc3ccccc3OCCC(N)=O)cc2c1. The van der Waals surface area contributed by atoms with Crippen LogP contribution in [-0.4, -0.2) is 37.6 Å². The summed E-state index contributed by atoms with van der Waals surface area (Å²) in [5.74, 6) is 0.853. The summed E-state index contributed by atoms with van der Waals surface area (Å²) in [5.41, 5.74) is 6.66. The number of carbonyl (C=O) groups is 2. The van der Waals surface area contributed by atoms with Gasteiger partial charge in [0.25, 0.3) is 5.91 Å².